The number of carbonyl (C=O) groups excluding carboxylic acids is 2. The molecule has 2 aromatic carbocycles. The number of likely N-dealkylation sites (tertiary alicyclic amines) is 1. The van der Waals surface area contributed by atoms with Gasteiger partial charge < -0.3 is 24.8 Å². The second kappa shape index (κ2) is 10.9. The zero-order valence-electron chi connectivity index (χ0n) is 19.7. The zero-order valence-corrected chi connectivity index (χ0v) is 19.7. The van der Waals surface area contributed by atoms with Gasteiger partial charge in [0.15, 0.2) is 0 Å². The van der Waals surface area contributed by atoms with Crippen molar-refractivity contribution in [2.45, 2.75) is 56.1 Å². The van der Waals surface area contributed by atoms with Gasteiger partial charge in [-0.3, -0.25) is 4.79 Å². The molecule has 1 atom stereocenters. The van der Waals surface area contributed by atoms with Crippen molar-refractivity contribution in [2.75, 3.05) is 26.8 Å². The third-order valence-electron chi connectivity index (χ3n) is 7.30. The summed E-state index contributed by atoms with van der Waals surface area (Å²) in [6.07, 6.45) is 4.28. The van der Waals surface area contributed by atoms with Crippen molar-refractivity contribution in [2.24, 2.45) is 0 Å². The van der Waals surface area contributed by atoms with Crippen LogP contribution in [-0.2, 0) is 10.2 Å². The molecule has 34 heavy (non-hydrogen) atoms. The van der Waals surface area contributed by atoms with Gasteiger partial charge in [0.2, 0.25) is 0 Å². The Morgan fingerprint density at radius 3 is 2.47 bits per heavy atom. The summed E-state index contributed by atoms with van der Waals surface area (Å²) in [4.78, 5) is 27.3. The number of nitrogens with one attached hydrogen (secondary N) is 1. The number of para-hydroxylation sites is 1. The second-order valence-corrected chi connectivity index (χ2v) is 9.28. The first kappa shape index (κ1) is 24.1. The Bertz CT molecular complexity index is 972. The topological polar surface area (TPSA) is 88.1 Å². The first-order chi connectivity index (χ1) is 16.6. The normalized spacial score (nSPS) is 24.5. The number of carbonyl (C=O) groups is 2. The fourth-order valence-electron chi connectivity index (χ4n) is 5.27. The van der Waals surface area contributed by atoms with E-state index in [4.69, 9.17) is 9.47 Å². The average molecular weight is 467 g/mol. The standard InChI is InChI=1S/C27H34N2O5/c1-33-24-12-6-5-11-23(24)25(31)28-19-27(20-8-3-2-4-9-20)15-13-22(14-16-27)34-26(32)29-17-7-10-21(29)18-30/h2-6,8-9,11-12,21-22,30H,7,10,13-19H2,1H3,(H,28,31). The van der Waals surface area contributed by atoms with E-state index in [0.717, 1.165) is 38.5 Å². The summed E-state index contributed by atoms with van der Waals surface area (Å²) in [5, 5.41) is 12.6. The van der Waals surface area contributed by atoms with Crippen LogP contribution in [0.15, 0.2) is 54.6 Å². The molecule has 2 fully saturated rings. The minimum Gasteiger partial charge on any atom is -0.496 e. The van der Waals surface area contributed by atoms with Crippen LogP contribution in [0.1, 0.15) is 54.4 Å². The molecule has 7 nitrogen and oxygen atoms in total. The Morgan fingerprint density at radius 1 is 1.06 bits per heavy atom. The summed E-state index contributed by atoms with van der Waals surface area (Å²) in [5.41, 5.74) is 1.46. The zero-order chi connectivity index (χ0) is 24.0. The van der Waals surface area contributed by atoms with Gasteiger partial charge in [0, 0.05) is 18.5 Å². The van der Waals surface area contributed by atoms with Gasteiger partial charge in [0.05, 0.1) is 25.3 Å². The van der Waals surface area contributed by atoms with E-state index in [2.05, 4.69) is 17.4 Å². The third kappa shape index (κ3) is 5.20. The van der Waals surface area contributed by atoms with Crippen LogP contribution in [0.3, 0.4) is 0 Å². The fourth-order valence-corrected chi connectivity index (χ4v) is 5.27. The third-order valence-corrected chi connectivity index (χ3v) is 7.30. The predicted molar refractivity (Wildman–Crippen MR) is 129 cm³/mol. The molecule has 1 aliphatic carbocycles. The van der Waals surface area contributed by atoms with Crippen molar-refractivity contribution < 1.29 is 24.2 Å². The molecule has 7 heteroatoms. The van der Waals surface area contributed by atoms with Gasteiger partial charge in [0.25, 0.3) is 5.91 Å². The summed E-state index contributed by atoms with van der Waals surface area (Å²) in [5.74, 6) is 0.387. The van der Waals surface area contributed by atoms with E-state index in [-0.39, 0.29) is 36.2 Å². The number of nitrogens with zero attached hydrogens (tertiary/aromatic N) is 1. The maximum atomic E-state index is 13.0. The molecule has 1 heterocycles. The highest BCUT2D eigenvalue weighted by Gasteiger charge is 2.39. The molecule has 0 aromatic heterocycles. The van der Waals surface area contributed by atoms with Crippen molar-refractivity contribution in [3.63, 3.8) is 0 Å². The molecule has 0 spiro atoms. The molecule has 2 aliphatic rings. The average Bonchev–Trinajstić information content (AvgIpc) is 3.38. The van der Waals surface area contributed by atoms with Crippen molar-refractivity contribution >= 4 is 12.0 Å². The Morgan fingerprint density at radius 2 is 1.76 bits per heavy atom. The number of aliphatic hydroxyl groups excluding tert-OH is 1. The lowest BCUT2D eigenvalue weighted by molar-refractivity contribution is 0.0255. The molecule has 1 unspecified atom stereocenters. The van der Waals surface area contributed by atoms with E-state index in [1.807, 2.05) is 30.3 Å². The molecular weight excluding hydrogens is 432 g/mol. The van der Waals surface area contributed by atoms with Crippen molar-refractivity contribution in [3.05, 3.63) is 65.7 Å². The number of amides is 2. The molecule has 0 radical (unpaired) electrons. The van der Waals surface area contributed by atoms with E-state index in [1.54, 1.807) is 24.1 Å². The number of ether oxygens (including phenoxy) is 2. The number of hydrogen-bond acceptors (Lipinski definition) is 5. The second-order valence-electron chi connectivity index (χ2n) is 9.28. The quantitative estimate of drug-likeness (QED) is 0.646. The van der Waals surface area contributed by atoms with E-state index >= 15 is 0 Å². The lowest BCUT2D eigenvalue weighted by atomic mass is 9.68. The molecule has 2 amide bonds. The van der Waals surface area contributed by atoms with E-state index in [1.165, 1.54) is 5.56 Å². The Hall–Kier alpha value is -3.06. The van der Waals surface area contributed by atoms with Crippen LogP contribution in [-0.4, -0.2) is 61.0 Å². The van der Waals surface area contributed by atoms with Crippen LogP contribution in [0, 0.1) is 0 Å². The molecule has 0 bridgehead atoms. The van der Waals surface area contributed by atoms with Gasteiger partial charge in [0.1, 0.15) is 11.9 Å². The Balaban J connectivity index is 1.42. The molecule has 2 aromatic rings. The summed E-state index contributed by atoms with van der Waals surface area (Å²) < 4.78 is 11.2. The first-order valence-electron chi connectivity index (χ1n) is 12.1. The van der Waals surface area contributed by atoms with Crippen LogP contribution in [0.25, 0.3) is 0 Å². The van der Waals surface area contributed by atoms with Gasteiger partial charge in [-0.05, 0) is 56.2 Å². The van der Waals surface area contributed by atoms with Crippen LogP contribution < -0.4 is 10.1 Å². The van der Waals surface area contributed by atoms with Crippen LogP contribution in [0.2, 0.25) is 0 Å². The van der Waals surface area contributed by atoms with Gasteiger partial charge in [-0.1, -0.05) is 42.5 Å². The molecule has 182 valence electrons. The minimum absolute atomic E-state index is 0.0250. The summed E-state index contributed by atoms with van der Waals surface area (Å²) in [6, 6.07) is 17.3. The van der Waals surface area contributed by atoms with Crippen molar-refractivity contribution in [1.82, 2.24) is 10.2 Å². The SMILES string of the molecule is COc1ccccc1C(=O)NCC1(c2ccccc2)CCC(OC(=O)N2CCCC2CO)CC1. The van der Waals surface area contributed by atoms with Gasteiger partial charge in [-0.15, -0.1) is 0 Å². The smallest absolute Gasteiger partial charge is 0.410 e. The van der Waals surface area contributed by atoms with E-state index in [9.17, 15) is 14.7 Å². The van der Waals surface area contributed by atoms with Gasteiger partial charge in [-0.25, -0.2) is 4.79 Å². The van der Waals surface area contributed by atoms with Crippen LogP contribution in [0.5, 0.6) is 5.75 Å². The van der Waals surface area contributed by atoms with Gasteiger partial charge in [-0.2, -0.15) is 0 Å². The lowest BCUT2D eigenvalue weighted by Gasteiger charge is -2.41. The van der Waals surface area contributed by atoms with E-state index < -0.39 is 0 Å². The van der Waals surface area contributed by atoms with E-state index in [0.29, 0.717) is 24.4 Å². The number of benzene rings is 2. The summed E-state index contributed by atoms with van der Waals surface area (Å²) in [6.45, 7) is 1.11. The number of rotatable bonds is 7. The predicted octanol–water partition coefficient (Wildman–Crippen LogP) is 3.90. The monoisotopic (exact) mass is 466 g/mol. The van der Waals surface area contributed by atoms with Crippen molar-refractivity contribution in [3.8, 4) is 5.75 Å². The highest BCUT2D eigenvalue weighted by molar-refractivity contribution is 5.97. The molecule has 2 N–H and O–H groups in total. The fraction of sp³-hybridized carbons (Fsp3) is 0.481. The highest BCUT2D eigenvalue weighted by Crippen LogP contribution is 2.40. The first-order valence-corrected chi connectivity index (χ1v) is 12.1. The molecular formula is C27H34N2O5. The Labute approximate surface area is 201 Å². The summed E-state index contributed by atoms with van der Waals surface area (Å²) >= 11 is 0. The lowest BCUT2D eigenvalue weighted by Crippen LogP contribution is -2.46. The summed E-state index contributed by atoms with van der Waals surface area (Å²) in [7, 11) is 1.56. The largest absolute Gasteiger partial charge is 0.496 e. The Kier molecular flexibility index (Phi) is 7.73. The molecule has 1 aliphatic heterocycles. The maximum Gasteiger partial charge on any atom is 0.410 e. The number of hydrogen-bond donors (Lipinski definition) is 2. The van der Waals surface area contributed by atoms with Crippen LogP contribution >= 0.6 is 0 Å². The minimum atomic E-state index is -0.321. The van der Waals surface area contributed by atoms with Crippen molar-refractivity contribution in [1.29, 1.82) is 0 Å². The highest BCUT2D eigenvalue weighted by atomic mass is 16.6. The maximum absolute atomic E-state index is 13.0. The number of aliphatic hydroxyl groups is 1. The van der Waals surface area contributed by atoms with Crippen LogP contribution in [0.4, 0.5) is 4.79 Å². The number of methoxy groups -OCH3 is 1. The molecule has 1 saturated heterocycles. The molecule has 4 rings (SSSR count). The molecule has 1 saturated carbocycles. The van der Waals surface area contributed by atoms with Gasteiger partial charge >= 0.3 is 6.09 Å².